The van der Waals surface area contributed by atoms with Crippen molar-refractivity contribution in [2.45, 2.75) is 19.5 Å². The average molecular weight is 272 g/mol. The van der Waals surface area contributed by atoms with Gasteiger partial charge in [0.15, 0.2) is 0 Å². The quantitative estimate of drug-likeness (QED) is 0.799. The third-order valence-electron chi connectivity index (χ3n) is 3.32. The number of carbonyl (C=O) groups excluding carboxylic acids is 1. The van der Waals surface area contributed by atoms with Crippen molar-refractivity contribution in [3.8, 4) is 0 Å². The Morgan fingerprint density at radius 3 is 2.63 bits per heavy atom. The second-order valence-corrected chi connectivity index (χ2v) is 4.94. The van der Waals surface area contributed by atoms with Gasteiger partial charge in [0.25, 0.3) is 5.91 Å². The van der Waals surface area contributed by atoms with Crippen LogP contribution >= 0.6 is 0 Å². The van der Waals surface area contributed by atoms with Gasteiger partial charge in [-0.15, -0.1) is 0 Å². The minimum atomic E-state index is -4.47. The summed E-state index contributed by atoms with van der Waals surface area (Å²) in [7, 11) is 0. The molecule has 2 N–H and O–H groups in total. The number of alkyl halides is 3. The van der Waals surface area contributed by atoms with Crippen LogP contribution in [-0.2, 0) is 6.18 Å². The van der Waals surface area contributed by atoms with E-state index in [-0.39, 0.29) is 11.3 Å². The molecule has 0 radical (unpaired) electrons. The largest absolute Gasteiger partial charge is 0.416 e. The number of anilines is 1. The minimum absolute atomic E-state index is 0.0658. The first-order chi connectivity index (χ1) is 8.79. The Morgan fingerprint density at radius 2 is 2.11 bits per heavy atom. The highest BCUT2D eigenvalue weighted by Gasteiger charge is 2.33. The van der Waals surface area contributed by atoms with E-state index in [1.165, 1.54) is 0 Å². The summed E-state index contributed by atoms with van der Waals surface area (Å²) < 4.78 is 37.9. The van der Waals surface area contributed by atoms with E-state index < -0.39 is 17.6 Å². The molecule has 0 aliphatic carbocycles. The third kappa shape index (κ3) is 2.83. The predicted molar refractivity (Wildman–Crippen MR) is 65.5 cm³/mol. The van der Waals surface area contributed by atoms with Crippen LogP contribution in [0.3, 0.4) is 0 Å². The number of rotatable bonds is 1. The summed E-state index contributed by atoms with van der Waals surface area (Å²) in [6, 6.07) is 2.86. The number of benzene rings is 1. The lowest BCUT2D eigenvalue weighted by atomic mass is 10.1. The summed E-state index contributed by atoms with van der Waals surface area (Å²) >= 11 is 0. The van der Waals surface area contributed by atoms with Crippen molar-refractivity contribution < 1.29 is 18.0 Å². The average Bonchev–Trinajstić information content (AvgIpc) is 2.74. The molecule has 0 spiro atoms. The Morgan fingerprint density at radius 1 is 1.42 bits per heavy atom. The van der Waals surface area contributed by atoms with Crippen molar-refractivity contribution in [2.24, 2.45) is 5.92 Å². The molecule has 6 heteroatoms. The Labute approximate surface area is 109 Å². The van der Waals surface area contributed by atoms with Crippen molar-refractivity contribution in [3.05, 3.63) is 29.3 Å². The predicted octanol–water partition coefficient (Wildman–Crippen LogP) is 2.77. The molecular weight excluding hydrogens is 257 g/mol. The highest BCUT2D eigenvalue weighted by atomic mass is 19.4. The summed E-state index contributed by atoms with van der Waals surface area (Å²) in [6.45, 7) is 3.13. The fourth-order valence-corrected chi connectivity index (χ4v) is 2.21. The zero-order valence-electron chi connectivity index (χ0n) is 10.5. The molecule has 1 atom stereocenters. The fourth-order valence-electron chi connectivity index (χ4n) is 2.21. The van der Waals surface area contributed by atoms with Crippen LogP contribution in [0.5, 0.6) is 0 Å². The number of nitrogen functional groups attached to an aromatic ring is 1. The molecule has 2 rings (SSSR count). The lowest BCUT2D eigenvalue weighted by Crippen LogP contribution is -2.29. The topological polar surface area (TPSA) is 46.3 Å². The molecule has 19 heavy (non-hydrogen) atoms. The molecule has 1 aliphatic rings. The van der Waals surface area contributed by atoms with Crippen LogP contribution in [0.15, 0.2) is 18.2 Å². The number of carbonyl (C=O) groups is 1. The van der Waals surface area contributed by atoms with Crippen molar-refractivity contribution in [1.82, 2.24) is 4.90 Å². The monoisotopic (exact) mass is 272 g/mol. The maximum atomic E-state index is 12.6. The summed E-state index contributed by atoms with van der Waals surface area (Å²) in [5.74, 6) is -0.0519. The van der Waals surface area contributed by atoms with E-state index in [0.29, 0.717) is 19.0 Å². The number of halogens is 3. The first kappa shape index (κ1) is 13.7. The van der Waals surface area contributed by atoms with Gasteiger partial charge in [-0.3, -0.25) is 4.79 Å². The lowest BCUT2D eigenvalue weighted by molar-refractivity contribution is -0.137. The number of likely N-dealkylation sites (tertiary alicyclic amines) is 1. The van der Waals surface area contributed by atoms with Gasteiger partial charge >= 0.3 is 6.18 Å². The van der Waals surface area contributed by atoms with Gasteiger partial charge in [-0.25, -0.2) is 0 Å². The molecule has 104 valence electrons. The van der Waals surface area contributed by atoms with E-state index >= 15 is 0 Å². The maximum Gasteiger partial charge on any atom is 0.416 e. The van der Waals surface area contributed by atoms with Gasteiger partial charge in [0, 0.05) is 18.8 Å². The van der Waals surface area contributed by atoms with Gasteiger partial charge in [-0.1, -0.05) is 6.92 Å². The SMILES string of the molecule is CC1CCN(C(=O)c2cc(C(F)(F)F)ccc2N)C1. The van der Waals surface area contributed by atoms with Crippen molar-refractivity contribution >= 4 is 11.6 Å². The first-order valence-electron chi connectivity index (χ1n) is 6.05. The smallest absolute Gasteiger partial charge is 0.398 e. The number of hydrogen-bond donors (Lipinski definition) is 1. The second-order valence-electron chi connectivity index (χ2n) is 4.94. The normalized spacial score (nSPS) is 19.8. The minimum Gasteiger partial charge on any atom is -0.398 e. The summed E-state index contributed by atoms with van der Waals surface area (Å²) in [5, 5.41) is 0. The summed E-state index contributed by atoms with van der Waals surface area (Å²) in [5.41, 5.74) is 4.79. The number of nitrogens with two attached hydrogens (primary N) is 1. The molecular formula is C13H15F3N2O. The third-order valence-corrected chi connectivity index (χ3v) is 3.32. The van der Waals surface area contributed by atoms with Gasteiger partial charge in [0.1, 0.15) is 0 Å². The highest BCUT2D eigenvalue weighted by molar-refractivity contribution is 5.99. The van der Waals surface area contributed by atoms with Crippen molar-refractivity contribution in [1.29, 1.82) is 0 Å². The van der Waals surface area contributed by atoms with E-state index in [9.17, 15) is 18.0 Å². The summed E-state index contributed by atoms with van der Waals surface area (Å²) in [6.07, 6.45) is -3.61. The van der Waals surface area contributed by atoms with Crippen LogP contribution in [0.2, 0.25) is 0 Å². The Bertz CT molecular complexity index is 499. The van der Waals surface area contributed by atoms with Gasteiger partial charge in [0.05, 0.1) is 11.1 Å². The first-order valence-corrected chi connectivity index (χ1v) is 6.05. The summed E-state index contributed by atoms with van der Waals surface area (Å²) in [4.78, 5) is 13.7. The molecule has 0 saturated carbocycles. The molecule has 1 saturated heterocycles. The van der Waals surface area contributed by atoms with Gasteiger partial charge in [0.2, 0.25) is 0 Å². The van der Waals surface area contributed by atoms with E-state index in [4.69, 9.17) is 5.73 Å². The number of amides is 1. The van der Waals surface area contributed by atoms with E-state index in [1.54, 1.807) is 4.90 Å². The van der Waals surface area contributed by atoms with Crippen molar-refractivity contribution in [3.63, 3.8) is 0 Å². The Kier molecular flexibility index (Phi) is 3.43. The van der Waals surface area contributed by atoms with E-state index in [1.807, 2.05) is 6.92 Å². The second kappa shape index (κ2) is 4.75. The fraction of sp³-hybridized carbons (Fsp3) is 0.462. The zero-order chi connectivity index (χ0) is 14.2. The number of nitrogens with zero attached hydrogens (tertiary/aromatic N) is 1. The molecule has 1 aromatic rings. The Hall–Kier alpha value is -1.72. The van der Waals surface area contributed by atoms with Crippen molar-refractivity contribution in [2.75, 3.05) is 18.8 Å². The van der Waals surface area contributed by atoms with Gasteiger partial charge in [-0.05, 0) is 30.5 Å². The van der Waals surface area contributed by atoms with Gasteiger partial charge in [-0.2, -0.15) is 13.2 Å². The van der Waals surface area contributed by atoms with Crippen LogP contribution < -0.4 is 5.73 Å². The molecule has 1 fully saturated rings. The molecule has 1 heterocycles. The molecule has 1 aromatic carbocycles. The maximum absolute atomic E-state index is 12.6. The lowest BCUT2D eigenvalue weighted by Gasteiger charge is -2.18. The Balaban J connectivity index is 2.31. The molecule has 1 unspecified atom stereocenters. The van der Waals surface area contributed by atoms with Gasteiger partial charge < -0.3 is 10.6 Å². The van der Waals surface area contributed by atoms with E-state index in [0.717, 1.165) is 24.6 Å². The zero-order valence-corrected chi connectivity index (χ0v) is 10.5. The molecule has 1 aliphatic heterocycles. The van der Waals surface area contributed by atoms with Crippen LogP contribution in [-0.4, -0.2) is 23.9 Å². The van der Waals surface area contributed by atoms with E-state index in [2.05, 4.69) is 0 Å². The molecule has 0 aromatic heterocycles. The standard InChI is InChI=1S/C13H15F3N2O/c1-8-4-5-18(7-8)12(19)10-6-9(13(14,15)16)2-3-11(10)17/h2-3,6,8H,4-5,7,17H2,1H3. The molecule has 3 nitrogen and oxygen atoms in total. The number of hydrogen-bond acceptors (Lipinski definition) is 2. The van der Waals surface area contributed by atoms with Crippen LogP contribution in [0.4, 0.5) is 18.9 Å². The van der Waals surface area contributed by atoms with Crippen LogP contribution in [0, 0.1) is 5.92 Å². The van der Waals surface area contributed by atoms with Crippen LogP contribution in [0.1, 0.15) is 29.3 Å². The molecule has 0 bridgehead atoms. The van der Waals surface area contributed by atoms with Crippen LogP contribution in [0.25, 0.3) is 0 Å². The molecule has 1 amide bonds. The highest BCUT2D eigenvalue weighted by Crippen LogP contribution is 2.32.